The first-order valence-electron chi connectivity index (χ1n) is 7.66. The molecule has 1 amide bonds. The van der Waals surface area contributed by atoms with Gasteiger partial charge >= 0.3 is 0 Å². The van der Waals surface area contributed by atoms with E-state index in [9.17, 15) is 4.79 Å². The molecule has 7 heteroatoms. The third-order valence-electron chi connectivity index (χ3n) is 4.00. The van der Waals surface area contributed by atoms with Crippen molar-refractivity contribution >= 4 is 28.3 Å². The Morgan fingerprint density at radius 3 is 2.83 bits per heavy atom. The molecular weight excluding hydrogens is 304 g/mol. The molecule has 7 nitrogen and oxygen atoms in total. The number of aliphatic imine (C=N–C) groups is 1. The summed E-state index contributed by atoms with van der Waals surface area (Å²) < 4.78 is 0. The van der Waals surface area contributed by atoms with Crippen LogP contribution in [0.4, 0.5) is 5.69 Å². The Bertz CT molecular complexity index is 974. The third-order valence-corrected chi connectivity index (χ3v) is 4.00. The lowest BCUT2D eigenvalue weighted by Crippen LogP contribution is -2.15. The number of amides is 1. The summed E-state index contributed by atoms with van der Waals surface area (Å²) in [5.41, 5.74) is 5.33. The number of hydrogen-bond donors (Lipinski definition) is 3. The van der Waals surface area contributed by atoms with Crippen LogP contribution in [0, 0.1) is 0 Å². The lowest BCUT2D eigenvalue weighted by atomic mass is 10.1. The van der Waals surface area contributed by atoms with E-state index in [1.165, 1.54) is 0 Å². The second-order valence-corrected chi connectivity index (χ2v) is 5.79. The first kappa shape index (κ1) is 14.4. The zero-order valence-electron chi connectivity index (χ0n) is 13.3. The fraction of sp³-hybridized carbons (Fsp3) is 0.176. The van der Waals surface area contributed by atoms with Crippen molar-refractivity contribution in [3.63, 3.8) is 0 Å². The van der Waals surface area contributed by atoms with Crippen molar-refractivity contribution in [3.05, 3.63) is 41.7 Å². The summed E-state index contributed by atoms with van der Waals surface area (Å²) in [6.07, 6.45) is 2.23. The minimum Gasteiger partial charge on any atom is -0.337 e. The topological polar surface area (TPSA) is 98.8 Å². The molecular formula is C17H16N6O. The lowest BCUT2D eigenvalue weighted by molar-refractivity contribution is -0.112. The molecule has 0 spiro atoms. The average molecular weight is 320 g/mol. The molecule has 0 saturated heterocycles. The van der Waals surface area contributed by atoms with Gasteiger partial charge in [0, 0.05) is 29.6 Å². The number of fused-ring (bicyclic) bond motifs is 1. The summed E-state index contributed by atoms with van der Waals surface area (Å²) in [6.45, 7) is 3.77. The van der Waals surface area contributed by atoms with Crippen LogP contribution in [0.5, 0.6) is 0 Å². The smallest absolute Gasteiger partial charge is 0.253 e. The van der Waals surface area contributed by atoms with Crippen LogP contribution in [0.1, 0.15) is 20.3 Å². The molecule has 0 fully saturated rings. The van der Waals surface area contributed by atoms with Crippen molar-refractivity contribution in [1.82, 2.24) is 20.2 Å². The first-order valence-corrected chi connectivity index (χ1v) is 7.66. The van der Waals surface area contributed by atoms with Gasteiger partial charge in [-0.1, -0.05) is 12.1 Å². The molecule has 1 aromatic carbocycles. The number of para-hydroxylation sites is 2. The summed E-state index contributed by atoms with van der Waals surface area (Å²) in [5, 5.41) is 9.91. The second-order valence-electron chi connectivity index (χ2n) is 5.79. The standard InChI is InChI=1S/C17H16N6O/c1-9-7-11(10(2)19-9)17(24)22-14-8-18-23-15(14)16-20-12-5-3-4-6-13(12)21-16/h3-6,8H,7H2,1-2H3,(H,18,23)(H,20,21)(H,22,24). The predicted molar refractivity (Wildman–Crippen MR) is 92.7 cm³/mol. The van der Waals surface area contributed by atoms with Gasteiger partial charge in [-0.2, -0.15) is 5.10 Å². The van der Waals surface area contributed by atoms with E-state index >= 15 is 0 Å². The van der Waals surface area contributed by atoms with E-state index in [4.69, 9.17) is 0 Å². The number of aromatic amines is 2. The molecule has 4 rings (SSSR count). The number of hydrogen-bond acceptors (Lipinski definition) is 4. The Morgan fingerprint density at radius 1 is 1.25 bits per heavy atom. The minimum absolute atomic E-state index is 0.160. The number of H-pyrrole nitrogens is 2. The van der Waals surface area contributed by atoms with E-state index in [0.717, 1.165) is 22.4 Å². The van der Waals surface area contributed by atoms with Gasteiger partial charge in [0.2, 0.25) is 0 Å². The number of nitrogens with zero attached hydrogens (tertiary/aromatic N) is 3. The Hall–Kier alpha value is -3.22. The monoisotopic (exact) mass is 320 g/mol. The summed E-state index contributed by atoms with van der Waals surface area (Å²) in [6, 6.07) is 7.74. The molecule has 0 radical (unpaired) electrons. The maximum absolute atomic E-state index is 12.5. The summed E-state index contributed by atoms with van der Waals surface area (Å²) >= 11 is 0. The fourth-order valence-corrected chi connectivity index (χ4v) is 2.85. The second kappa shape index (κ2) is 5.45. The quantitative estimate of drug-likeness (QED) is 0.691. The van der Waals surface area contributed by atoms with E-state index in [1.54, 1.807) is 6.20 Å². The van der Waals surface area contributed by atoms with E-state index < -0.39 is 0 Å². The van der Waals surface area contributed by atoms with E-state index in [2.05, 4.69) is 30.5 Å². The summed E-state index contributed by atoms with van der Waals surface area (Å²) in [4.78, 5) is 24.6. The lowest BCUT2D eigenvalue weighted by Gasteiger charge is -2.05. The maximum Gasteiger partial charge on any atom is 0.253 e. The van der Waals surface area contributed by atoms with Gasteiger partial charge in [-0.15, -0.1) is 0 Å². The molecule has 0 saturated carbocycles. The molecule has 3 aromatic rings. The van der Waals surface area contributed by atoms with Gasteiger partial charge in [-0.25, -0.2) is 4.98 Å². The average Bonchev–Trinajstić information content (AvgIpc) is 3.24. The SMILES string of the molecule is CC1=NC(C)=C(C(=O)Nc2c[nH]nc2-c2nc3ccccc3[nH]2)C1. The highest BCUT2D eigenvalue weighted by Crippen LogP contribution is 2.27. The number of imidazole rings is 1. The molecule has 3 heterocycles. The molecule has 1 aliphatic heterocycles. The third kappa shape index (κ3) is 2.40. The van der Waals surface area contributed by atoms with Crippen LogP contribution in [-0.2, 0) is 4.79 Å². The predicted octanol–water partition coefficient (Wildman–Crippen LogP) is 3.03. The molecule has 1 aliphatic rings. The Kier molecular flexibility index (Phi) is 3.26. The summed E-state index contributed by atoms with van der Waals surface area (Å²) in [7, 11) is 0. The number of rotatable bonds is 3. The van der Waals surface area contributed by atoms with Crippen LogP contribution in [0.3, 0.4) is 0 Å². The number of carbonyl (C=O) groups excluding carboxylic acids is 1. The van der Waals surface area contributed by atoms with Crippen molar-refractivity contribution in [2.24, 2.45) is 4.99 Å². The zero-order valence-corrected chi connectivity index (χ0v) is 13.3. The van der Waals surface area contributed by atoms with Crippen LogP contribution in [0.15, 0.2) is 46.7 Å². The molecule has 0 atom stereocenters. The van der Waals surface area contributed by atoms with Gasteiger partial charge in [0.15, 0.2) is 11.5 Å². The number of anilines is 1. The van der Waals surface area contributed by atoms with Crippen LogP contribution in [-0.4, -0.2) is 31.8 Å². The highest BCUT2D eigenvalue weighted by atomic mass is 16.1. The molecule has 0 aliphatic carbocycles. The molecule has 24 heavy (non-hydrogen) atoms. The molecule has 120 valence electrons. The highest BCUT2D eigenvalue weighted by molar-refractivity contribution is 6.10. The van der Waals surface area contributed by atoms with Crippen molar-refractivity contribution in [2.45, 2.75) is 20.3 Å². The van der Waals surface area contributed by atoms with Crippen LogP contribution < -0.4 is 5.32 Å². The van der Waals surface area contributed by atoms with Crippen LogP contribution in [0.25, 0.3) is 22.6 Å². The summed E-state index contributed by atoms with van der Waals surface area (Å²) in [5.74, 6) is 0.448. The van der Waals surface area contributed by atoms with Crippen molar-refractivity contribution < 1.29 is 4.79 Å². The number of benzene rings is 1. The van der Waals surface area contributed by atoms with Gasteiger partial charge in [-0.05, 0) is 26.0 Å². The van der Waals surface area contributed by atoms with Gasteiger partial charge in [0.1, 0.15) is 0 Å². The maximum atomic E-state index is 12.5. The zero-order chi connectivity index (χ0) is 16.7. The van der Waals surface area contributed by atoms with Gasteiger partial charge in [-0.3, -0.25) is 14.9 Å². The largest absolute Gasteiger partial charge is 0.337 e. The molecule has 3 N–H and O–H groups in total. The Morgan fingerprint density at radius 2 is 2.08 bits per heavy atom. The minimum atomic E-state index is -0.160. The van der Waals surface area contributed by atoms with E-state index in [0.29, 0.717) is 29.2 Å². The Labute approximate surface area is 137 Å². The molecule has 0 unspecified atom stereocenters. The van der Waals surface area contributed by atoms with Gasteiger partial charge in [0.05, 0.1) is 16.7 Å². The Balaban J connectivity index is 1.63. The number of aromatic nitrogens is 4. The van der Waals surface area contributed by atoms with Gasteiger partial charge in [0.25, 0.3) is 5.91 Å². The number of nitrogens with one attached hydrogen (secondary N) is 3. The van der Waals surface area contributed by atoms with Crippen molar-refractivity contribution in [1.29, 1.82) is 0 Å². The van der Waals surface area contributed by atoms with Crippen LogP contribution in [0.2, 0.25) is 0 Å². The first-order chi connectivity index (χ1) is 11.6. The van der Waals surface area contributed by atoms with E-state index in [1.807, 2.05) is 38.1 Å². The molecule has 0 bridgehead atoms. The van der Waals surface area contributed by atoms with Gasteiger partial charge < -0.3 is 10.3 Å². The number of allylic oxidation sites excluding steroid dienone is 1. The van der Waals surface area contributed by atoms with Crippen molar-refractivity contribution in [3.8, 4) is 11.5 Å². The van der Waals surface area contributed by atoms with Crippen LogP contribution >= 0.6 is 0 Å². The van der Waals surface area contributed by atoms with Crippen molar-refractivity contribution in [2.75, 3.05) is 5.32 Å². The fourth-order valence-electron chi connectivity index (χ4n) is 2.85. The molecule has 2 aromatic heterocycles. The number of carbonyl (C=O) groups is 1. The highest BCUT2D eigenvalue weighted by Gasteiger charge is 2.21. The normalized spacial score (nSPS) is 14.3. The van der Waals surface area contributed by atoms with E-state index in [-0.39, 0.29) is 5.91 Å².